The maximum absolute atomic E-state index is 14.2. The van der Waals surface area contributed by atoms with Crippen LogP contribution in [0.15, 0.2) is 71.8 Å². The number of aryl methyl sites for hydroxylation is 1. The summed E-state index contributed by atoms with van der Waals surface area (Å²) in [7, 11) is 0. The van der Waals surface area contributed by atoms with Crippen LogP contribution in [0, 0.1) is 30.0 Å². The molecule has 192 valence electrons. The maximum Gasteiger partial charge on any atom is 0.283 e. The standard InChI is InChI=1S/C29H25FN4O3S/c1-18(2)17-36-25-12-10-21(14-22(25)15-31)29-33-19(3)27(38-29)28(35)34-32-16-20-9-11-24(30)26(13-20)37-23-7-5-4-6-8-23/h4-14,16,18H,17H2,1-3H3,(H,34,35)/b32-16+. The third-order valence-corrected chi connectivity index (χ3v) is 6.43. The van der Waals surface area contributed by atoms with Crippen molar-refractivity contribution in [1.29, 1.82) is 5.26 Å². The molecule has 1 heterocycles. The Hall–Kier alpha value is -4.55. The highest BCUT2D eigenvalue weighted by molar-refractivity contribution is 7.17. The van der Waals surface area contributed by atoms with Gasteiger partial charge in [-0.2, -0.15) is 10.4 Å². The number of hydrogen-bond acceptors (Lipinski definition) is 7. The van der Waals surface area contributed by atoms with Gasteiger partial charge in [-0.05, 0) is 60.9 Å². The van der Waals surface area contributed by atoms with E-state index in [0.717, 1.165) is 0 Å². The van der Waals surface area contributed by atoms with E-state index in [4.69, 9.17) is 9.47 Å². The van der Waals surface area contributed by atoms with E-state index in [-0.39, 0.29) is 5.75 Å². The summed E-state index contributed by atoms with van der Waals surface area (Å²) in [5, 5.41) is 14.2. The average Bonchev–Trinajstić information content (AvgIpc) is 3.31. The Balaban J connectivity index is 1.45. The Morgan fingerprint density at radius 2 is 1.95 bits per heavy atom. The first-order valence-corrected chi connectivity index (χ1v) is 12.7. The van der Waals surface area contributed by atoms with E-state index in [9.17, 15) is 14.4 Å². The van der Waals surface area contributed by atoms with Gasteiger partial charge in [0.25, 0.3) is 5.91 Å². The molecule has 0 aliphatic carbocycles. The zero-order valence-electron chi connectivity index (χ0n) is 21.1. The second-order valence-corrected chi connectivity index (χ2v) is 9.76. The lowest BCUT2D eigenvalue weighted by molar-refractivity contribution is 0.0958. The predicted molar refractivity (Wildman–Crippen MR) is 145 cm³/mol. The normalized spacial score (nSPS) is 10.9. The van der Waals surface area contributed by atoms with Gasteiger partial charge < -0.3 is 9.47 Å². The number of hydrogen-bond donors (Lipinski definition) is 1. The number of para-hydroxylation sites is 1. The van der Waals surface area contributed by atoms with Crippen molar-refractivity contribution in [3.8, 4) is 33.9 Å². The first-order chi connectivity index (χ1) is 18.3. The van der Waals surface area contributed by atoms with Crippen molar-refractivity contribution in [2.75, 3.05) is 6.61 Å². The number of halogens is 1. The van der Waals surface area contributed by atoms with Crippen LogP contribution in [-0.4, -0.2) is 23.7 Å². The zero-order chi connectivity index (χ0) is 27.1. The van der Waals surface area contributed by atoms with E-state index in [0.29, 0.717) is 56.3 Å². The highest BCUT2D eigenvalue weighted by atomic mass is 32.1. The fourth-order valence-electron chi connectivity index (χ4n) is 3.37. The van der Waals surface area contributed by atoms with E-state index in [1.807, 2.05) is 26.0 Å². The smallest absolute Gasteiger partial charge is 0.283 e. The second kappa shape index (κ2) is 12.1. The van der Waals surface area contributed by atoms with Crippen LogP contribution in [0.5, 0.6) is 17.2 Å². The van der Waals surface area contributed by atoms with E-state index < -0.39 is 11.7 Å². The lowest BCUT2D eigenvalue weighted by atomic mass is 10.1. The highest BCUT2D eigenvalue weighted by Gasteiger charge is 2.17. The molecule has 0 radical (unpaired) electrons. The van der Waals surface area contributed by atoms with Crippen molar-refractivity contribution in [3.63, 3.8) is 0 Å². The van der Waals surface area contributed by atoms with Crippen LogP contribution in [0.3, 0.4) is 0 Å². The number of carbonyl (C=O) groups excluding carboxylic acids is 1. The molecule has 0 bridgehead atoms. The molecule has 7 nitrogen and oxygen atoms in total. The van der Waals surface area contributed by atoms with Crippen LogP contribution < -0.4 is 14.9 Å². The molecular weight excluding hydrogens is 503 g/mol. The molecule has 0 saturated carbocycles. The number of ether oxygens (including phenoxy) is 2. The van der Waals surface area contributed by atoms with Crippen LogP contribution in [0.4, 0.5) is 4.39 Å². The van der Waals surface area contributed by atoms with Crippen molar-refractivity contribution in [2.45, 2.75) is 20.8 Å². The van der Waals surface area contributed by atoms with E-state index in [1.54, 1.807) is 43.3 Å². The monoisotopic (exact) mass is 528 g/mol. The lowest BCUT2D eigenvalue weighted by Crippen LogP contribution is -2.17. The van der Waals surface area contributed by atoms with Crippen LogP contribution in [0.1, 0.15) is 40.3 Å². The SMILES string of the molecule is Cc1nc(-c2ccc(OCC(C)C)c(C#N)c2)sc1C(=O)N/N=C/c1ccc(F)c(Oc2ccccc2)c1. The molecule has 0 fully saturated rings. The summed E-state index contributed by atoms with van der Waals surface area (Å²) in [4.78, 5) is 17.7. The molecule has 0 aliphatic heterocycles. The van der Waals surface area contributed by atoms with Crippen LogP contribution >= 0.6 is 11.3 Å². The van der Waals surface area contributed by atoms with E-state index >= 15 is 0 Å². The minimum atomic E-state index is -0.512. The van der Waals surface area contributed by atoms with Gasteiger partial charge in [-0.1, -0.05) is 38.1 Å². The van der Waals surface area contributed by atoms with Crippen molar-refractivity contribution >= 4 is 23.5 Å². The fourth-order valence-corrected chi connectivity index (χ4v) is 4.33. The summed E-state index contributed by atoms with van der Waals surface area (Å²) in [6.45, 7) is 6.31. The van der Waals surface area contributed by atoms with Gasteiger partial charge in [0.05, 0.1) is 24.1 Å². The van der Waals surface area contributed by atoms with Crippen LogP contribution in [-0.2, 0) is 0 Å². The molecule has 38 heavy (non-hydrogen) atoms. The quantitative estimate of drug-likeness (QED) is 0.192. The van der Waals surface area contributed by atoms with Crippen LogP contribution in [0.25, 0.3) is 10.6 Å². The van der Waals surface area contributed by atoms with E-state index in [1.165, 1.54) is 35.8 Å². The number of nitrogens with zero attached hydrogens (tertiary/aromatic N) is 3. The Bertz CT molecular complexity index is 1510. The molecule has 0 unspecified atom stereocenters. The number of rotatable bonds is 9. The Kier molecular flexibility index (Phi) is 8.46. The number of benzene rings is 3. The van der Waals surface area contributed by atoms with E-state index in [2.05, 4.69) is 21.6 Å². The third kappa shape index (κ3) is 6.60. The number of carbonyl (C=O) groups is 1. The minimum Gasteiger partial charge on any atom is -0.492 e. The van der Waals surface area contributed by atoms with Gasteiger partial charge in [0.15, 0.2) is 11.6 Å². The first kappa shape index (κ1) is 26.5. The molecule has 1 amide bonds. The average molecular weight is 529 g/mol. The molecule has 9 heteroatoms. The molecule has 1 aromatic heterocycles. The molecule has 0 atom stereocenters. The fraction of sp³-hybridized carbons (Fsp3) is 0.172. The van der Waals surface area contributed by atoms with Gasteiger partial charge in [0.1, 0.15) is 27.5 Å². The van der Waals surface area contributed by atoms with Crippen molar-refractivity contribution < 1.29 is 18.7 Å². The van der Waals surface area contributed by atoms with Gasteiger partial charge in [-0.15, -0.1) is 11.3 Å². The highest BCUT2D eigenvalue weighted by Crippen LogP contribution is 2.31. The molecule has 3 aromatic carbocycles. The molecule has 0 aliphatic rings. The van der Waals surface area contributed by atoms with Crippen molar-refractivity contribution in [2.24, 2.45) is 11.0 Å². The summed E-state index contributed by atoms with van der Waals surface area (Å²) in [6, 6.07) is 20.6. The Morgan fingerprint density at radius 3 is 2.68 bits per heavy atom. The topological polar surface area (TPSA) is 96.6 Å². The summed E-state index contributed by atoms with van der Waals surface area (Å²) in [5.41, 5.74) is 4.69. The van der Waals surface area contributed by atoms with Gasteiger partial charge in [0, 0.05) is 5.56 Å². The van der Waals surface area contributed by atoms with Gasteiger partial charge in [-0.25, -0.2) is 14.8 Å². The molecule has 4 rings (SSSR count). The molecule has 0 spiro atoms. The Labute approximate surface area is 224 Å². The number of nitriles is 1. The largest absolute Gasteiger partial charge is 0.492 e. The predicted octanol–water partition coefficient (Wildman–Crippen LogP) is 6.72. The second-order valence-electron chi connectivity index (χ2n) is 8.77. The van der Waals surface area contributed by atoms with Crippen molar-refractivity contribution in [3.05, 3.63) is 94.2 Å². The first-order valence-electron chi connectivity index (χ1n) is 11.8. The summed E-state index contributed by atoms with van der Waals surface area (Å²) >= 11 is 1.20. The Morgan fingerprint density at radius 1 is 1.16 bits per heavy atom. The van der Waals surface area contributed by atoms with Gasteiger partial charge in [-0.3, -0.25) is 4.79 Å². The number of nitrogens with one attached hydrogen (secondary N) is 1. The third-order valence-electron chi connectivity index (χ3n) is 5.23. The number of hydrazone groups is 1. The number of thiazole rings is 1. The maximum atomic E-state index is 14.2. The van der Waals surface area contributed by atoms with Crippen molar-refractivity contribution in [1.82, 2.24) is 10.4 Å². The number of amides is 1. The molecular formula is C29H25FN4O3S. The van der Waals surface area contributed by atoms with Gasteiger partial charge in [0.2, 0.25) is 0 Å². The zero-order valence-corrected chi connectivity index (χ0v) is 21.9. The minimum absolute atomic E-state index is 0.0479. The number of aromatic nitrogens is 1. The molecule has 4 aromatic rings. The van der Waals surface area contributed by atoms with Crippen LogP contribution in [0.2, 0.25) is 0 Å². The summed E-state index contributed by atoms with van der Waals surface area (Å²) < 4.78 is 25.5. The van der Waals surface area contributed by atoms with Gasteiger partial charge >= 0.3 is 0 Å². The summed E-state index contributed by atoms with van der Waals surface area (Å²) in [5.74, 6) is 0.462. The lowest BCUT2D eigenvalue weighted by Gasteiger charge is -2.10. The molecule has 0 saturated heterocycles. The summed E-state index contributed by atoms with van der Waals surface area (Å²) in [6.07, 6.45) is 1.40. The molecule has 1 N–H and O–H groups in total.